The van der Waals surface area contributed by atoms with E-state index in [9.17, 15) is 4.79 Å². The SMILES string of the molecule is COc1ccc(C(=O)NCCc2ccccc2)cc1CSc1ccc(Cl)cc1. The summed E-state index contributed by atoms with van der Waals surface area (Å²) in [4.78, 5) is 13.6. The summed E-state index contributed by atoms with van der Waals surface area (Å²) in [6, 6.07) is 23.4. The van der Waals surface area contributed by atoms with Gasteiger partial charge in [-0.15, -0.1) is 11.8 Å². The number of carbonyl (C=O) groups is 1. The average Bonchev–Trinajstić information content (AvgIpc) is 2.74. The van der Waals surface area contributed by atoms with E-state index in [1.807, 2.05) is 54.6 Å². The zero-order valence-corrected chi connectivity index (χ0v) is 17.2. The number of amides is 1. The van der Waals surface area contributed by atoms with Gasteiger partial charge in [0.05, 0.1) is 7.11 Å². The maximum atomic E-state index is 12.5. The molecule has 1 N–H and O–H groups in total. The smallest absolute Gasteiger partial charge is 0.251 e. The second-order valence-corrected chi connectivity index (χ2v) is 7.75. The Hall–Kier alpha value is -2.43. The van der Waals surface area contributed by atoms with Crippen LogP contribution >= 0.6 is 23.4 Å². The van der Waals surface area contributed by atoms with Crippen molar-refractivity contribution in [3.63, 3.8) is 0 Å². The maximum Gasteiger partial charge on any atom is 0.251 e. The van der Waals surface area contributed by atoms with Crippen LogP contribution in [0.1, 0.15) is 21.5 Å². The Morgan fingerprint density at radius 2 is 1.79 bits per heavy atom. The number of rotatable bonds is 8. The van der Waals surface area contributed by atoms with Crippen molar-refractivity contribution in [1.29, 1.82) is 0 Å². The van der Waals surface area contributed by atoms with Gasteiger partial charge in [-0.1, -0.05) is 41.9 Å². The van der Waals surface area contributed by atoms with Gasteiger partial charge in [0, 0.05) is 33.3 Å². The number of carbonyl (C=O) groups excluding carboxylic acids is 1. The highest BCUT2D eigenvalue weighted by atomic mass is 35.5. The number of hydrogen-bond acceptors (Lipinski definition) is 3. The Bertz CT molecular complexity index is 914. The van der Waals surface area contributed by atoms with Crippen LogP contribution in [0.3, 0.4) is 0 Å². The molecule has 0 saturated carbocycles. The summed E-state index contributed by atoms with van der Waals surface area (Å²) in [6.45, 7) is 0.601. The summed E-state index contributed by atoms with van der Waals surface area (Å²) in [5.74, 6) is 1.41. The third-order valence-electron chi connectivity index (χ3n) is 4.29. The molecule has 5 heteroatoms. The lowest BCUT2D eigenvalue weighted by molar-refractivity contribution is 0.0954. The van der Waals surface area contributed by atoms with Crippen molar-refractivity contribution in [3.05, 3.63) is 94.5 Å². The van der Waals surface area contributed by atoms with Crippen LogP contribution in [-0.4, -0.2) is 19.6 Å². The van der Waals surface area contributed by atoms with Gasteiger partial charge >= 0.3 is 0 Å². The van der Waals surface area contributed by atoms with Crippen LogP contribution < -0.4 is 10.1 Å². The van der Waals surface area contributed by atoms with Crippen LogP contribution in [0.4, 0.5) is 0 Å². The van der Waals surface area contributed by atoms with Crippen molar-refractivity contribution >= 4 is 29.3 Å². The third-order valence-corrected chi connectivity index (χ3v) is 5.61. The predicted octanol–water partition coefficient (Wildman–Crippen LogP) is 5.61. The molecule has 0 bridgehead atoms. The molecule has 0 fully saturated rings. The van der Waals surface area contributed by atoms with E-state index in [1.54, 1.807) is 24.9 Å². The molecule has 28 heavy (non-hydrogen) atoms. The summed E-state index contributed by atoms with van der Waals surface area (Å²) < 4.78 is 5.46. The maximum absolute atomic E-state index is 12.5. The van der Waals surface area contributed by atoms with Crippen molar-refractivity contribution in [1.82, 2.24) is 5.32 Å². The molecule has 0 atom stereocenters. The van der Waals surface area contributed by atoms with E-state index < -0.39 is 0 Å². The van der Waals surface area contributed by atoms with Gasteiger partial charge in [0.25, 0.3) is 5.91 Å². The molecule has 0 heterocycles. The van der Waals surface area contributed by atoms with Gasteiger partial charge < -0.3 is 10.1 Å². The molecule has 0 aromatic heterocycles. The minimum absolute atomic E-state index is 0.0728. The van der Waals surface area contributed by atoms with E-state index in [0.29, 0.717) is 17.9 Å². The summed E-state index contributed by atoms with van der Waals surface area (Å²) in [5.41, 5.74) is 2.83. The Morgan fingerprint density at radius 1 is 1.04 bits per heavy atom. The van der Waals surface area contributed by atoms with Crippen LogP contribution in [0.15, 0.2) is 77.7 Å². The Morgan fingerprint density at radius 3 is 2.50 bits per heavy atom. The lowest BCUT2D eigenvalue weighted by atomic mass is 10.1. The number of methoxy groups -OCH3 is 1. The van der Waals surface area contributed by atoms with Gasteiger partial charge in [0.2, 0.25) is 0 Å². The molecule has 3 nitrogen and oxygen atoms in total. The molecule has 3 aromatic rings. The molecular formula is C23H22ClNO2S. The molecule has 144 valence electrons. The zero-order valence-electron chi connectivity index (χ0n) is 15.7. The molecule has 3 rings (SSSR count). The van der Waals surface area contributed by atoms with Gasteiger partial charge in [-0.2, -0.15) is 0 Å². The topological polar surface area (TPSA) is 38.3 Å². The van der Waals surface area contributed by atoms with Crippen molar-refractivity contribution in [2.24, 2.45) is 0 Å². The fourth-order valence-corrected chi connectivity index (χ4v) is 3.79. The highest BCUT2D eigenvalue weighted by Gasteiger charge is 2.11. The molecule has 0 radical (unpaired) electrons. The first-order valence-electron chi connectivity index (χ1n) is 9.03. The van der Waals surface area contributed by atoms with Crippen molar-refractivity contribution in [3.8, 4) is 5.75 Å². The first kappa shape index (κ1) is 20.3. The van der Waals surface area contributed by atoms with Crippen LogP contribution in [0, 0.1) is 0 Å². The highest BCUT2D eigenvalue weighted by molar-refractivity contribution is 7.98. The number of benzene rings is 3. The second kappa shape index (κ2) is 10.2. The molecule has 0 spiro atoms. The van der Waals surface area contributed by atoms with E-state index in [-0.39, 0.29) is 5.91 Å². The summed E-state index contributed by atoms with van der Waals surface area (Å²) >= 11 is 7.62. The van der Waals surface area contributed by atoms with Gasteiger partial charge in [-0.3, -0.25) is 4.79 Å². The van der Waals surface area contributed by atoms with Crippen molar-refractivity contribution in [2.45, 2.75) is 17.1 Å². The zero-order chi connectivity index (χ0) is 19.8. The minimum atomic E-state index is -0.0728. The van der Waals surface area contributed by atoms with Crippen LogP contribution in [0.25, 0.3) is 0 Å². The second-order valence-electron chi connectivity index (χ2n) is 6.26. The molecule has 0 aliphatic heterocycles. The molecule has 0 aliphatic rings. The van der Waals surface area contributed by atoms with Crippen molar-refractivity contribution in [2.75, 3.05) is 13.7 Å². The lowest BCUT2D eigenvalue weighted by Gasteiger charge is -2.11. The van der Waals surface area contributed by atoms with E-state index in [1.165, 1.54) is 5.56 Å². The summed E-state index contributed by atoms with van der Waals surface area (Å²) in [6.07, 6.45) is 0.808. The number of ether oxygens (including phenoxy) is 1. The summed E-state index contributed by atoms with van der Waals surface area (Å²) in [7, 11) is 1.64. The van der Waals surface area contributed by atoms with Gasteiger partial charge in [0.15, 0.2) is 0 Å². The van der Waals surface area contributed by atoms with Crippen molar-refractivity contribution < 1.29 is 9.53 Å². The standard InChI is InChI=1S/C23H22ClNO2S/c1-27-22-12-7-18(23(26)25-14-13-17-5-3-2-4-6-17)15-19(22)16-28-21-10-8-20(24)9-11-21/h2-12,15H,13-14,16H2,1H3,(H,25,26). The molecular weight excluding hydrogens is 390 g/mol. The third kappa shape index (κ3) is 5.78. The molecule has 0 aliphatic carbocycles. The van der Waals surface area contributed by atoms with Gasteiger partial charge in [-0.05, 0) is 54.4 Å². The normalized spacial score (nSPS) is 10.5. The Labute approximate surface area is 175 Å². The van der Waals surface area contributed by atoms with E-state index in [0.717, 1.165) is 27.7 Å². The molecule has 3 aromatic carbocycles. The first-order chi connectivity index (χ1) is 13.7. The number of thioether (sulfide) groups is 1. The molecule has 0 saturated heterocycles. The Kier molecular flexibility index (Phi) is 7.40. The molecule has 0 unspecified atom stereocenters. The van der Waals surface area contributed by atoms with Gasteiger partial charge in [0.1, 0.15) is 5.75 Å². The molecule has 1 amide bonds. The number of hydrogen-bond donors (Lipinski definition) is 1. The monoisotopic (exact) mass is 411 g/mol. The minimum Gasteiger partial charge on any atom is -0.496 e. The van der Waals surface area contributed by atoms with Gasteiger partial charge in [-0.25, -0.2) is 0 Å². The number of halogens is 1. The Balaban J connectivity index is 1.62. The predicted molar refractivity (Wildman–Crippen MR) is 116 cm³/mol. The average molecular weight is 412 g/mol. The largest absolute Gasteiger partial charge is 0.496 e. The quantitative estimate of drug-likeness (QED) is 0.489. The fraction of sp³-hybridized carbons (Fsp3) is 0.174. The van der Waals surface area contributed by atoms with E-state index >= 15 is 0 Å². The van der Waals surface area contributed by atoms with E-state index in [2.05, 4.69) is 17.4 Å². The van der Waals surface area contributed by atoms with Crippen LogP contribution in [-0.2, 0) is 12.2 Å². The van der Waals surface area contributed by atoms with Crippen LogP contribution in [0.5, 0.6) is 5.75 Å². The fourth-order valence-electron chi connectivity index (χ4n) is 2.79. The lowest BCUT2D eigenvalue weighted by Crippen LogP contribution is -2.25. The first-order valence-corrected chi connectivity index (χ1v) is 10.4. The van der Waals surface area contributed by atoms with Crippen LogP contribution in [0.2, 0.25) is 5.02 Å². The summed E-state index contributed by atoms with van der Waals surface area (Å²) in [5, 5.41) is 3.71. The number of nitrogens with one attached hydrogen (secondary N) is 1. The van der Waals surface area contributed by atoms with E-state index in [4.69, 9.17) is 16.3 Å². The highest BCUT2D eigenvalue weighted by Crippen LogP contribution is 2.29.